The lowest BCUT2D eigenvalue weighted by Gasteiger charge is -2.17. The van der Waals surface area contributed by atoms with Gasteiger partial charge in [0.1, 0.15) is 10.8 Å². The van der Waals surface area contributed by atoms with E-state index in [4.69, 9.17) is 16.7 Å². The van der Waals surface area contributed by atoms with Crippen molar-refractivity contribution < 1.29 is 22.7 Å². The van der Waals surface area contributed by atoms with Gasteiger partial charge in [0, 0.05) is 0 Å². The van der Waals surface area contributed by atoms with Gasteiger partial charge >= 0.3 is 6.09 Å². The third kappa shape index (κ3) is 2.60. The highest BCUT2D eigenvalue weighted by molar-refractivity contribution is 7.93. The van der Waals surface area contributed by atoms with Crippen molar-refractivity contribution in [1.29, 1.82) is 0 Å². The number of halogens is 2. The first-order valence-corrected chi connectivity index (χ1v) is 7.65. The number of thiazole rings is 1. The molecule has 0 saturated heterocycles. The zero-order valence-electron chi connectivity index (χ0n) is 9.53. The summed E-state index contributed by atoms with van der Waals surface area (Å²) in [5.74, 6) is -0.801. The Bertz CT molecular complexity index is 749. The minimum Gasteiger partial charge on any atom is -0.464 e. The van der Waals surface area contributed by atoms with Gasteiger partial charge < -0.3 is 5.11 Å². The molecule has 1 aromatic heterocycles. The molecule has 0 atom stereocenters. The molecule has 1 N–H and O–H groups in total. The average molecular weight is 337 g/mol. The lowest BCUT2D eigenvalue weighted by Crippen LogP contribution is -2.35. The van der Waals surface area contributed by atoms with Crippen LogP contribution in [0.15, 0.2) is 34.8 Å². The molecular formula is C10H6ClFN2O4S2. The second-order valence-corrected chi connectivity index (χ2v) is 6.53. The summed E-state index contributed by atoms with van der Waals surface area (Å²) in [6.45, 7) is 0. The molecule has 0 saturated carbocycles. The van der Waals surface area contributed by atoms with Gasteiger partial charge in [-0.2, -0.15) is 4.31 Å². The maximum absolute atomic E-state index is 13.1. The van der Waals surface area contributed by atoms with E-state index in [0.717, 1.165) is 35.7 Å². The van der Waals surface area contributed by atoms with Crippen LogP contribution in [0, 0.1) is 5.82 Å². The molecule has 0 aliphatic carbocycles. The summed E-state index contributed by atoms with van der Waals surface area (Å²) in [5, 5.41) is 8.57. The second-order valence-electron chi connectivity index (χ2n) is 3.47. The van der Waals surface area contributed by atoms with Crippen LogP contribution in [0.2, 0.25) is 5.02 Å². The van der Waals surface area contributed by atoms with Gasteiger partial charge in [-0.15, -0.1) is 11.3 Å². The van der Waals surface area contributed by atoms with E-state index in [-0.39, 0.29) is 9.31 Å². The van der Waals surface area contributed by atoms with Crippen molar-refractivity contribution in [2.75, 3.05) is 4.31 Å². The van der Waals surface area contributed by atoms with Crippen LogP contribution in [-0.2, 0) is 10.0 Å². The van der Waals surface area contributed by atoms with E-state index in [1.54, 1.807) is 0 Å². The molecule has 10 heteroatoms. The normalized spacial score (nSPS) is 11.3. The van der Waals surface area contributed by atoms with E-state index in [9.17, 15) is 17.6 Å². The number of hydrogen-bond acceptors (Lipinski definition) is 5. The fourth-order valence-corrected chi connectivity index (χ4v) is 3.77. The zero-order valence-corrected chi connectivity index (χ0v) is 11.9. The molecule has 0 aliphatic heterocycles. The fourth-order valence-electron chi connectivity index (χ4n) is 1.37. The van der Waals surface area contributed by atoms with Crippen molar-refractivity contribution in [3.05, 3.63) is 40.7 Å². The van der Waals surface area contributed by atoms with Gasteiger partial charge in [0.2, 0.25) is 0 Å². The van der Waals surface area contributed by atoms with Crippen LogP contribution in [0.1, 0.15) is 0 Å². The first-order valence-electron chi connectivity index (χ1n) is 4.96. The zero-order chi connectivity index (χ0) is 14.9. The van der Waals surface area contributed by atoms with Crippen LogP contribution in [0.4, 0.5) is 14.2 Å². The Hall–Kier alpha value is -1.71. The highest BCUT2D eigenvalue weighted by Gasteiger charge is 2.32. The summed E-state index contributed by atoms with van der Waals surface area (Å²) in [7, 11) is -4.41. The van der Waals surface area contributed by atoms with E-state index in [1.807, 2.05) is 0 Å². The molecule has 0 bridgehead atoms. The Balaban J connectivity index is 2.57. The highest BCUT2D eigenvalue weighted by Crippen LogP contribution is 2.28. The quantitative estimate of drug-likeness (QED) is 0.931. The van der Waals surface area contributed by atoms with E-state index in [0.29, 0.717) is 0 Å². The largest absolute Gasteiger partial charge is 0.464 e. The van der Waals surface area contributed by atoms with E-state index in [1.165, 1.54) is 5.51 Å². The molecule has 6 nitrogen and oxygen atoms in total. The molecule has 2 rings (SSSR count). The molecule has 0 fully saturated rings. The first kappa shape index (κ1) is 14.7. The van der Waals surface area contributed by atoms with Gasteiger partial charge in [0.05, 0.1) is 21.6 Å². The fraction of sp³-hybridized carbons (Fsp3) is 0. The van der Waals surface area contributed by atoms with Crippen LogP contribution < -0.4 is 4.31 Å². The summed E-state index contributed by atoms with van der Waals surface area (Å²) in [4.78, 5) is 14.4. The summed E-state index contributed by atoms with van der Waals surface area (Å²) in [6.07, 6.45) is -0.601. The number of anilines is 1. The first-order chi connectivity index (χ1) is 9.34. The third-order valence-electron chi connectivity index (χ3n) is 2.22. The van der Waals surface area contributed by atoms with Crippen molar-refractivity contribution in [2.45, 2.75) is 4.90 Å². The molecule has 1 amide bonds. The summed E-state index contributed by atoms with van der Waals surface area (Å²) in [6, 6.07) is 2.64. The molecule has 0 spiro atoms. The van der Waals surface area contributed by atoms with Crippen molar-refractivity contribution in [2.24, 2.45) is 0 Å². The maximum atomic E-state index is 13.1. The molecule has 0 aliphatic rings. The van der Waals surface area contributed by atoms with Gasteiger partial charge in [-0.1, -0.05) is 11.6 Å². The Kier molecular flexibility index (Phi) is 3.93. The van der Waals surface area contributed by atoms with Crippen LogP contribution in [0.25, 0.3) is 0 Å². The Morgan fingerprint density at radius 3 is 2.65 bits per heavy atom. The third-order valence-corrected chi connectivity index (χ3v) is 5.07. The predicted molar refractivity (Wildman–Crippen MR) is 71.2 cm³/mol. The standard InChI is InChI=1S/C10H6ClFN2O4S2/c11-7-3-6(1-2-8(7)12)20(17,18)14(10(15)16)9-4-13-5-19-9/h1-5H,(H,15,16). The summed E-state index contributed by atoms with van der Waals surface area (Å²) >= 11 is 6.35. The predicted octanol–water partition coefficient (Wildman–Crippen LogP) is 2.81. The smallest absolute Gasteiger partial charge is 0.426 e. The van der Waals surface area contributed by atoms with Gasteiger partial charge in [0.25, 0.3) is 10.0 Å². The van der Waals surface area contributed by atoms with E-state index in [2.05, 4.69) is 4.98 Å². The number of nitrogens with zero attached hydrogens (tertiary/aromatic N) is 2. The lowest BCUT2D eigenvalue weighted by molar-refractivity contribution is 0.206. The summed E-state index contributed by atoms with van der Waals surface area (Å²) < 4.78 is 37.8. The number of carboxylic acid groups (broad SMARTS) is 1. The molecule has 20 heavy (non-hydrogen) atoms. The second kappa shape index (κ2) is 5.35. The number of sulfonamides is 1. The minimum atomic E-state index is -4.41. The number of aromatic nitrogens is 1. The van der Waals surface area contributed by atoms with Crippen molar-refractivity contribution in [3.8, 4) is 0 Å². The van der Waals surface area contributed by atoms with Crippen molar-refractivity contribution in [3.63, 3.8) is 0 Å². The van der Waals surface area contributed by atoms with Gasteiger partial charge in [-0.25, -0.2) is 17.6 Å². The van der Waals surface area contributed by atoms with Crippen LogP contribution >= 0.6 is 22.9 Å². The Labute approximate surface area is 122 Å². The lowest BCUT2D eigenvalue weighted by atomic mass is 10.3. The van der Waals surface area contributed by atoms with E-state index < -0.39 is 31.9 Å². The van der Waals surface area contributed by atoms with Crippen molar-refractivity contribution >= 4 is 44.1 Å². The molecule has 0 radical (unpaired) electrons. The molecule has 1 heterocycles. The van der Waals surface area contributed by atoms with Crippen LogP contribution in [0.5, 0.6) is 0 Å². The molecule has 1 aromatic carbocycles. The molecular weight excluding hydrogens is 331 g/mol. The Morgan fingerprint density at radius 1 is 1.45 bits per heavy atom. The molecule has 106 valence electrons. The average Bonchev–Trinajstić information content (AvgIpc) is 2.85. The van der Waals surface area contributed by atoms with Crippen LogP contribution in [-0.4, -0.2) is 24.6 Å². The SMILES string of the molecule is O=C(O)N(c1cncs1)S(=O)(=O)c1ccc(F)c(Cl)c1. The molecule has 2 aromatic rings. The maximum Gasteiger partial charge on any atom is 0.426 e. The van der Waals surface area contributed by atoms with Gasteiger partial charge in [0.15, 0.2) is 0 Å². The van der Waals surface area contributed by atoms with Crippen LogP contribution in [0.3, 0.4) is 0 Å². The van der Waals surface area contributed by atoms with E-state index >= 15 is 0 Å². The molecule has 0 unspecified atom stereocenters. The van der Waals surface area contributed by atoms with Crippen molar-refractivity contribution in [1.82, 2.24) is 4.98 Å². The van der Waals surface area contributed by atoms with Gasteiger partial charge in [-0.05, 0) is 18.2 Å². The number of benzene rings is 1. The topological polar surface area (TPSA) is 87.6 Å². The Morgan fingerprint density at radius 2 is 2.15 bits per heavy atom. The number of hydrogen-bond donors (Lipinski definition) is 1. The number of amides is 1. The summed E-state index contributed by atoms with van der Waals surface area (Å²) in [5.41, 5.74) is 1.29. The highest BCUT2D eigenvalue weighted by atomic mass is 35.5. The van der Waals surface area contributed by atoms with Gasteiger partial charge in [-0.3, -0.25) is 4.98 Å². The number of carbonyl (C=O) groups is 1. The number of rotatable bonds is 3. The minimum absolute atomic E-state index is 0.0991. The monoisotopic (exact) mass is 336 g/mol.